The van der Waals surface area contributed by atoms with Gasteiger partial charge in [0.15, 0.2) is 17.4 Å². The lowest BCUT2D eigenvalue weighted by Crippen LogP contribution is -1.92. The van der Waals surface area contributed by atoms with E-state index in [-0.39, 0.29) is 5.25 Å². The van der Waals surface area contributed by atoms with Crippen molar-refractivity contribution in [2.45, 2.75) is 12.2 Å². The standard InChI is InChI=1S/C9H10F2OS/c1-5(13-2)6-3-7(10)9(12)8(11)4-6/h3-5,12H,1-2H3. The number of aromatic hydroxyl groups is 1. The molecule has 0 fully saturated rings. The van der Waals surface area contributed by atoms with Crippen LogP contribution in [0.15, 0.2) is 12.1 Å². The Bertz CT molecular complexity index is 291. The van der Waals surface area contributed by atoms with Crippen LogP contribution in [0.5, 0.6) is 5.75 Å². The van der Waals surface area contributed by atoms with Crippen LogP contribution in [0.1, 0.15) is 17.7 Å². The lowest BCUT2D eigenvalue weighted by atomic mass is 10.1. The molecule has 0 saturated carbocycles. The first-order valence-electron chi connectivity index (χ1n) is 3.77. The highest BCUT2D eigenvalue weighted by atomic mass is 32.2. The Balaban J connectivity index is 3.13. The van der Waals surface area contributed by atoms with Gasteiger partial charge in [-0.15, -0.1) is 0 Å². The summed E-state index contributed by atoms with van der Waals surface area (Å²) in [6.45, 7) is 1.84. The second-order valence-electron chi connectivity index (χ2n) is 2.71. The van der Waals surface area contributed by atoms with Gasteiger partial charge in [-0.25, -0.2) is 8.78 Å². The molecule has 1 nitrogen and oxygen atoms in total. The Hall–Kier alpha value is -0.770. The fraction of sp³-hybridized carbons (Fsp3) is 0.333. The molecular formula is C9H10F2OS. The molecule has 0 heterocycles. The summed E-state index contributed by atoms with van der Waals surface area (Å²) in [5, 5.41) is 8.85. The summed E-state index contributed by atoms with van der Waals surface area (Å²) in [5.41, 5.74) is 0.542. The van der Waals surface area contributed by atoms with Crippen molar-refractivity contribution in [1.29, 1.82) is 0 Å². The van der Waals surface area contributed by atoms with Crippen LogP contribution in [0.2, 0.25) is 0 Å². The van der Waals surface area contributed by atoms with Crippen LogP contribution >= 0.6 is 11.8 Å². The van der Waals surface area contributed by atoms with E-state index in [2.05, 4.69) is 0 Å². The van der Waals surface area contributed by atoms with Crippen molar-refractivity contribution in [2.75, 3.05) is 6.26 Å². The van der Waals surface area contributed by atoms with Gasteiger partial charge in [-0.2, -0.15) is 11.8 Å². The highest BCUT2D eigenvalue weighted by molar-refractivity contribution is 7.98. The molecule has 1 atom stereocenters. The molecule has 0 amide bonds. The van der Waals surface area contributed by atoms with Crippen LogP contribution in [-0.4, -0.2) is 11.4 Å². The van der Waals surface area contributed by atoms with Gasteiger partial charge in [0, 0.05) is 5.25 Å². The minimum absolute atomic E-state index is 0.0181. The molecule has 0 aromatic heterocycles. The molecule has 0 spiro atoms. The molecule has 1 aromatic rings. The summed E-state index contributed by atoms with van der Waals surface area (Å²) in [4.78, 5) is 0. The molecule has 0 aliphatic rings. The number of hydrogen-bond donors (Lipinski definition) is 1. The van der Waals surface area contributed by atoms with Crippen molar-refractivity contribution in [3.05, 3.63) is 29.3 Å². The highest BCUT2D eigenvalue weighted by Gasteiger charge is 2.12. The summed E-state index contributed by atoms with van der Waals surface area (Å²) in [6.07, 6.45) is 1.85. The van der Waals surface area contributed by atoms with Gasteiger partial charge < -0.3 is 5.11 Å². The zero-order valence-electron chi connectivity index (χ0n) is 7.34. The minimum Gasteiger partial charge on any atom is -0.503 e. The van der Waals surface area contributed by atoms with Crippen LogP contribution in [0.25, 0.3) is 0 Å². The van der Waals surface area contributed by atoms with E-state index in [4.69, 9.17) is 5.11 Å². The van der Waals surface area contributed by atoms with Crippen molar-refractivity contribution in [3.8, 4) is 5.75 Å². The first-order chi connectivity index (χ1) is 6.06. The first-order valence-corrected chi connectivity index (χ1v) is 5.05. The molecule has 0 aliphatic carbocycles. The van der Waals surface area contributed by atoms with Gasteiger partial charge in [-0.3, -0.25) is 0 Å². The van der Waals surface area contributed by atoms with E-state index in [1.807, 2.05) is 13.2 Å². The Morgan fingerprint density at radius 3 is 2.15 bits per heavy atom. The summed E-state index contributed by atoms with van der Waals surface area (Å²) in [5.74, 6) is -2.72. The van der Waals surface area contributed by atoms with Crippen LogP contribution in [0, 0.1) is 11.6 Å². The van der Waals surface area contributed by atoms with Gasteiger partial charge in [0.05, 0.1) is 0 Å². The number of hydrogen-bond acceptors (Lipinski definition) is 2. The minimum atomic E-state index is -0.907. The van der Waals surface area contributed by atoms with E-state index in [9.17, 15) is 8.78 Å². The molecule has 1 rings (SSSR count). The number of phenolic OH excluding ortho intramolecular Hbond substituents is 1. The van der Waals surface area contributed by atoms with E-state index in [0.29, 0.717) is 5.56 Å². The first kappa shape index (κ1) is 10.3. The summed E-state index contributed by atoms with van der Waals surface area (Å²) >= 11 is 1.49. The van der Waals surface area contributed by atoms with Gasteiger partial charge in [0.1, 0.15) is 0 Å². The summed E-state index contributed by atoms with van der Waals surface area (Å²) in [6, 6.07) is 2.30. The molecule has 0 bridgehead atoms. The molecule has 1 aromatic carbocycles. The molecule has 0 saturated heterocycles. The van der Waals surface area contributed by atoms with Gasteiger partial charge in [0.25, 0.3) is 0 Å². The third-order valence-electron chi connectivity index (χ3n) is 1.86. The summed E-state index contributed by atoms with van der Waals surface area (Å²) in [7, 11) is 0. The van der Waals surface area contributed by atoms with E-state index in [0.717, 1.165) is 12.1 Å². The van der Waals surface area contributed by atoms with Crippen LogP contribution in [0.3, 0.4) is 0 Å². The van der Waals surface area contributed by atoms with Crippen LogP contribution in [-0.2, 0) is 0 Å². The monoisotopic (exact) mass is 204 g/mol. The second-order valence-corrected chi connectivity index (χ2v) is 3.89. The Labute approximate surface area is 79.8 Å². The maximum Gasteiger partial charge on any atom is 0.187 e. The van der Waals surface area contributed by atoms with E-state index >= 15 is 0 Å². The molecule has 4 heteroatoms. The zero-order valence-corrected chi connectivity index (χ0v) is 8.16. The van der Waals surface area contributed by atoms with Crippen molar-refractivity contribution in [2.24, 2.45) is 0 Å². The van der Waals surface area contributed by atoms with E-state index in [1.54, 1.807) is 0 Å². The van der Waals surface area contributed by atoms with Crippen molar-refractivity contribution < 1.29 is 13.9 Å². The van der Waals surface area contributed by atoms with Crippen molar-refractivity contribution in [1.82, 2.24) is 0 Å². The molecular weight excluding hydrogens is 194 g/mol. The largest absolute Gasteiger partial charge is 0.503 e. The zero-order chi connectivity index (χ0) is 10.0. The molecule has 0 radical (unpaired) electrons. The number of thioether (sulfide) groups is 1. The third kappa shape index (κ3) is 2.12. The van der Waals surface area contributed by atoms with Gasteiger partial charge in [-0.05, 0) is 30.9 Å². The molecule has 72 valence electrons. The predicted molar refractivity (Wildman–Crippen MR) is 50.0 cm³/mol. The topological polar surface area (TPSA) is 20.2 Å². The van der Waals surface area contributed by atoms with Gasteiger partial charge in [0.2, 0.25) is 0 Å². The van der Waals surface area contributed by atoms with Crippen molar-refractivity contribution in [3.63, 3.8) is 0 Å². The average molecular weight is 204 g/mol. The number of benzene rings is 1. The van der Waals surface area contributed by atoms with Crippen LogP contribution < -0.4 is 0 Å². The van der Waals surface area contributed by atoms with Gasteiger partial charge >= 0.3 is 0 Å². The van der Waals surface area contributed by atoms with Crippen molar-refractivity contribution >= 4 is 11.8 Å². The Kier molecular flexibility index (Phi) is 3.14. The maximum atomic E-state index is 12.8. The fourth-order valence-electron chi connectivity index (χ4n) is 0.956. The smallest absolute Gasteiger partial charge is 0.187 e. The van der Waals surface area contributed by atoms with Gasteiger partial charge in [-0.1, -0.05) is 0 Å². The predicted octanol–water partition coefficient (Wildman–Crippen LogP) is 3.09. The lowest BCUT2D eigenvalue weighted by molar-refractivity contribution is 0.395. The molecule has 13 heavy (non-hydrogen) atoms. The fourth-order valence-corrected chi connectivity index (χ4v) is 1.36. The third-order valence-corrected chi connectivity index (χ3v) is 2.84. The Morgan fingerprint density at radius 2 is 1.77 bits per heavy atom. The number of phenols is 1. The molecule has 1 unspecified atom stereocenters. The SMILES string of the molecule is CSC(C)c1cc(F)c(O)c(F)c1. The number of rotatable bonds is 2. The average Bonchev–Trinajstić information content (AvgIpc) is 2.12. The maximum absolute atomic E-state index is 12.8. The second kappa shape index (κ2) is 3.96. The summed E-state index contributed by atoms with van der Waals surface area (Å²) < 4.78 is 25.7. The highest BCUT2D eigenvalue weighted by Crippen LogP contribution is 2.30. The quantitative estimate of drug-likeness (QED) is 0.798. The van der Waals surface area contributed by atoms with Crippen LogP contribution in [0.4, 0.5) is 8.78 Å². The molecule has 1 N–H and O–H groups in total. The normalized spacial score (nSPS) is 12.9. The number of halogens is 2. The Morgan fingerprint density at radius 1 is 1.31 bits per heavy atom. The molecule has 0 aliphatic heterocycles. The lowest BCUT2D eigenvalue weighted by Gasteiger charge is -2.09. The van der Waals surface area contributed by atoms with E-state index in [1.165, 1.54) is 11.8 Å². The van der Waals surface area contributed by atoms with E-state index < -0.39 is 17.4 Å².